The van der Waals surface area contributed by atoms with Gasteiger partial charge in [0.25, 0.3) is 0 Å². The molecule has 0 bridgehead atoms. The summed E-state index contributed by atoms with van der Waals surface area (Å²) in [6.07, 6.45) is 0.406. The molecule has 0 radical (unpaired) electrons. The number of anilines is 1. The predicted molar refractivity (Wildman–Crippen MR) is 83.7 cm³/mol. The maximum absolute atomic E-state index is 11.7. The number of rotatable bonds is 4. The van der Waals surface area contributed by atoms with E-state index in [0.717, 1.165) is 0 Å². The summed E-state index contributed by atoms with van der Waals surface area (Å²) in [4.78, 5) is 23.3. The van der Waals surface area contributed by atoms with Gasteiger partial charge in [-0.05, 0) is 24.6 Å². The summed E-state index contributed by atoms with van der Waals surface area (Å²) in [5, 5.41) is 7.99. The van der Waals surface area contributed by atoms with Crippen molar-refractivity contribution in [1.82, 2.24) is 10.6 Å². The van der Waals surface area contributed by atoms with Gasteiger partial charge in [-0.1, -0.05) is 17.7 Å². The molecule has 0 spiro atoms. The number of sulfone groups is 1. The standard InChI is InChI=1S/C13H16ClN3O4S/c14-9-2-1-3-10(6-9)17-13(19)15-7-12(18)16-11-4-5-22(20,21)8-11/h1-3,6,11H,4-5,7-8H2,(H,16,18)(H2,15,17,19)/t11-/m0/s1. The third-order valence-corrected chi connectivity index (χ3v) is 5.09. The molecular formula is C13H16ClN3O4S. The first-order chi connectivity index (χ1) is 10.3. The highest BCUT2D eigenvalue weighted by Crippen LogP contribution is 2.14. The fraction of sp³-hybridized carbons (Fsp3) is 0.385. The lowest BCUT2D eigenvalue weighted by Crippen LogP contribution is -2.43. The van der Waals surface area contributed by atoms with E-state index in [2.05, 4.69) is 16.0 Å². The molecule has 1 aliphatic rings. The molecule has 1 aliphatic heterocycles. The van der Waals surface area contributed by atoms with Crippen LogP contribution in [0.5, 0.6) is 0 Å². The van der Waals surface area contributed by atoms with Crippen LogP contribution in [0.3, 0.4) is 0 Å². The number of nitrogens with one attached hydrogen (secondary N) is 3. The van der Waals surface area contributed by atoms with Crippen LogP contribution in [0, 0.1) is 0 Å². The van der Waals surface area contributed by atoms with Crippen molar-refractivity contribution in [3.63, 3.8) is 0 Å². The van der Waals surface area contributed by atoms with E-state index >= 15 is 0 Å². The Morgan fingerprint density at radius 3 is 2.73 bits per heavy atom. The summed E-state index contributed by atoms with van der Waals surface area (Å²) in [5.41, 5.74) is 0.507. The smallest absolute Gasteiger partial charge is 0.319 e. The van der Waals surface area contributed by atoms with Crippen LogP contribution in [0.25, 0.3) is 0 Å². The first kappa shape index (κ1) is 16.6. The number of amides is 3. The zero-order chi connectivity index (χ0) is 16.2. The van der Waals surface area contributed by atoms with Gasteiger partial charge in [-0.25, -0.2) is 13.2 Å². The molecule has 7 nitrogen and oxygen atoms in total. The molecule has 1 atom stereocenters. The average molecular weight is 346 g/mol. The molecule has 0 aromatic heterocycles. The van der Waals surface area contributed by atoms with Gasteiger partial charge in [0.15, 0.2) is 9.84 Å². The minimum Gasteiger partial charge on any atom is -0.351 e. The molecule has 120 valence electrons. The van der Waals surface area contributed by atoms with Gasteiger partial charge in [-0.3, -0.25) is 4.79 Å². The summed E-state index contributed by atoms with van der Waals surface area (Å²) in [6, 6.07) is 5.67. The van der Waals surface area contributed by atoms with Crippen molar-refractivity contribution in [3.05, 3.63) is 29.3 Å². The topological polar surface area (TPSA) is 104 Å². The quantitative estimate of drug-likeness (QED) is 0.749. The normalized spacial score (nSPS) is 19.4. The Labute approximate surface area is 133 Å². The predicted octanol–water partition coefficient (Wildman–Crippen LogP) is 0.765. The minimum atomic E-state index is -3.04. The van der Waals surface area contributed by atoms with Crippen molar-refractivity contribution >= 4 is 39.1 Å². The Balaban J connectivity index is 1.73. The number of carbonyl (C=O) groups excluding carboxylic acids is 2. The molecule has 2 rings (SSSR count). The SMILES string of the molecule is O=C(CNC(=O)Nc1cccc(Cl)c1)N[C@H]1CCS(=O)(=O)C1. The van der Waals surface area contributed by atoms with E-state index in [9.17, 15) is 18.0 Å². The second-order valence-corrected chi connectivity index (χ2v) is 7.65. The van der Waals surface area contributed by atoms with Gasteiger partial charge in [0.2, 0.25) is 5.91 Å². The van der Waals surface area contributed by atoms with Crippen molar-refractivity contribution in [2.24, 2.45) is 0 Å². The lowest BCUT2D eigenvalue weighted by molar-refractivity contribution is -0.120. The van der Waals surface area contributed by atoms with Crippen LogP contribution in [-0.4, -0.2) is 44.4 Å². The summed E-state index contributed by atoms with van der Waals surface area (Å²) in [5.74, 6) is -0.392. The summed E-state index contributed by atoms with van der Waals surface area (Å²) >= 11 is 5.79. The molecule has 1 aromatic carbocycles. The summed E-state index contributed by atoms with van der Waals surface area (Å²) in [6.45, 7) is -0.233. The van der Waals surface area contributed by atoms with Gasteiger partial charge >= 0.3 is 6.03 Å². The fourth-order valence-electron chi connectivity index (χ4n) is 2.09. The molecule has 9 heteroatoms. The number of hydrogen-bond donors (Lipinski definition) is 3. The number of benzene rings is 1. The lowest BCUT2D eigenvalue weighted by Gasteiger charge is -2.12. The van der Waals surface area contributed by atoms with Gasteiger partial charge in [-0.15, -0.1) is 0 Å². The monoisotopic (exact) mass is 345 g/mol. The van der Waals surface area contributed by atoms with Crippen molar-refractivity contribution in [2.45, 2.75) is 12.5 Å². The lowest BCUT2D eigenvalue weighted by atomic mass is 10.2. The van der Waals surface area contributed by atoms with Crippen molar-refractivity contribution in [2.75, 3.05) is 23.4 Å². The number of halogens is 1. The van der Waals surface area contributed by atoms with Gasteiger partial charge in [0.05, 0.1) is 18.1 Å². The van der Waals surface area contributed by atoms with Crippen LogP contribution in [-0.2, 0) is 14.6 Å². The van der Waals surface area contributed by atoms with E-state index in [4.69, 9.17) is 11.6 Å². The van der Waals surface area contributed by atoms with E-state index in [1.54, 1.807) is 24.3 Å². The maximum atomic E-state index is 11.7. The van der Waals surface area contributed by atoms with Gasteiger partial charge in [0.1, 0.15) is 0 Å². The maximum Gasteiger partial charge on any atom is 0.319 e. The van der Waals surface area contributed by atoms with E-state index < -0.39 is 21.8 Å². The van der Waals surface area contributed by atoms with E-state index in [0.29, 0.717) is 17.1 Å². The first-order valence-corrected chi connectivity index (χ1v) is 8.84. The zero-order valence-corrected chi connectivity index (χ0v) is 13.2. The fourth-order valence-corrected chi connectivity index (χ4v) is 3.95. The van der Waals surface area contributed by atoms with Crippen LogP contribution in [0.4, 0.5) is 10.5 Å². The highest BCUT2D eigenvalue weighted by molar-refractivity contribution is 7.91. The Kier molecular flexibility index (Phi) is 5.25. The highest BCUT2D eigenvalue weighted by atomic mass is 35.5. The van der Waals surface area contributed by atoms with Crippen LogP contribution >= 0.6 is 11.6 Å². The Hall–Kier alpha value is -1.80. The molecule has 0 aliphatic carbocycles. The van der Waals surface area contributed by atoms with Crippen LogP contribution in [0.1, 0.15) is 6.42 Å². The van der Waals surface area contributed by atoms with Crippen LogP contribution in [0.2, 0.25) is 5.02 Å². The molecule has 1 aromatic rings. The minimum absolute atomic E-state index is 0.0482. The average Bonchev–Trinajstić information content (AvgIpc) is 2.75. The van der Waals surface area contributed by atoms with Gasteiger partial charge in [0, 0.05) is 16.8 Å². The third-order valence-electron chi connectivity index (χ3n) is 3.09. The van der Waals surface area contributed by atoms with E-state index in [1.165, 1.54) is 0 Å². The van der Waals surface area contributed by atoms with Gasteiger partial charge < -0.3 is 16.0 Å². The third kappa shape index (κ3) is 5.19. The molecule has 1 saturated heterocycles. The van der Waals surface area contributed by atoms with Crippen LogP contribution in [0.15, 0.2) is 24.3 Å². The van der Waals surface area contributed by atoms with Gasteiger partial charge in [-0.2, -0.15) is 0 Å². The second-order valence-electron chi connectivity index (χ2n) is 4.99. The van der Waals surface area contributed by atoms with Crippen molar-refractivity contribution in [1.29, 1.82) is 0 Å². The number of carbonyl (C=O) groups is 2. The second kappa shape index (κ2) is 6.97. The zero-order valence-electron chi connectivity index (χ0n) is 11.6. The van der Waals surface area contributed by atoms with E-state index in [1.807, 2.05) is 0 Å². The first-order valence-electron chi connectivity index (χ1n) is 6.64. The van der Waals surface area contributed by atoms with Crippen molar-refractivity contribution in [3.8, 4) is 0 Å². The largest absolute Gasteiger partial charge is 0.351 e. The highest BCUT2D eigenvalue weighted by Gasteiger charge is 2.28. The molecule has 3 amide bonds. The molecular weight excluding hydrogens is 330 g/mol. The molecule has 0 saturated carbocycles. The molecule has 1 fully saturated rings. The van der Waals surface area contributed by atoms with Crippen molar-refractivity contribution < 1.29 is 18.0 Å². The molecule has 1 heterocycles. The molecule has 0 unspecified atom stereocenters. The van der Waals surface area contributed by atoms with Crippen LogP contribution < -0.4 is 16.0 Å². The number of hydrogen-bond acceptors (Lipinski definition) is 4. The summed E-state index contributed by atoms with van der Waals surface area (Å²) < 4.78 is 22.6. The Morgan fingerprint density at radius 2 is 2.09 bits per heavy atom. The molecule has 3 N–H and O–H groups in total. The van der Waals surface area contributed by atoms with E-state index in [-0.39, 0.29) is 24.1 Å². The number of urea groups is 1. The Bertz CT molecular complexity index is 678. The molecule has 22 heavy (non-hydrogen) atoms. The summed E-state index contributed by atoms with van der Waals surface area (Å²) in [7, 11) is -3.04. The Morgan fingerprint density at radius 1 is 1.32 bits per heavy atom.